The van der Waals surface area contributed by atoms with Gasteiger partial charge in [-0.05, 0) is 42.3 Å². The number of ketones is 1. The lowest BCUT2D eigenvalue weighted by Crippen LogP contribution is -2.31. The van der Waals surface area contributed by atoms with E-state index in [0.29, 0.717) is 24.3 Å². The Morgan fingerprint density at radius 3 is 2.58 bits per heavy atom. The number of methoxy groups -OCH3 is 1. The molecule has 1 aliphatic heterocycles. The second-order valence-corrected chi connectivity index (χ2v) is 7.95. The average molecular weight is 470 g/mol. The monoisotopic (exact) mass is 469 g/mol. The van der Waals surface area contributed by atoms with Gasteiger partial charge in [-0.3, -0.25) is 9.59 Å². The number of carbonyl (C=O) groups excluding carboxylic acids is 2. The Labute approximate surface area is 194 Å². The number of carbonyl (C=O) groups is 2. The van der Waals surface area contributed by atoms with E-state index in [0.717, 1.165) is 0 Å². The molecule has 1 N–H and O–H groups in total. The number of ether oxygens (including phenoxy) is 1. The number of aromatic nitrogens is 2. The molecule has 2 heterocycles. The van der Waals surface area contributed by atoms with Crippen LogP contribution in [0.1, 0.15) is 23.6 Å². The fraction of sp³-hybridized carbons (Fsp3) is 0.208. The Morgan fingerprint density at radius 2 is 1.94 bits per heavy atom. The smallest absolute Gasteiger partial charge is 0.295 e. The highest BCUT2D eigenvalue weighted by Crippen LogP contribution is 2.40. The molecule has 0 bridgehead atoms. The first-order valence-corrected chi connectivity index (χ1v) is 10.6. The largest absolute Gasteiger partial charge is 0.507 e. The van der Waals surface area contributed by atoms with Gasteiger partial charge in [-0.2, -0.15) is 0 Å². The van der Waals surface area contributed by atoms with Gasteiger partial charge in [-0.25, -0.2) is 9.37 Å². The number of benzene rings is 2. The van der Waals surface area contributed by atoms with Gasteiger partial charge in [0, 0.05) is 31.0 Å². The predicted molar refractivity (Wildman–Crippen MR) is 120 cm³/mol. The molecule has 170 valence electrons. The molecule has 1 fully saturated rings. The van der Waals surface area contributed by atoms with Crippen molar-refractivity contribution in [2.75, 3.05) is 13.7 Å². The van der Waals surface area contributed by atoms with Crippen molar-refractivity contribution in [2.24, 2.45) is 0 Å². The van der Waals surface area contributed by atoms with Gasteiger partial charge in [0.1, 0.15) is 17.3 Å². The number of aliphatic hydroxyl groups excluding tert-OH is 1. The van der Waals surface area contributed by atoms with E-state index in [1.165, 1.54) is 42.3 Å². The summed E-state index contributed by atoms with van der Waals surface area (Å²) < 4.78 is 20.6. The van der Waals surface area contributed by atoms with Crippen LogP contribution in [-0.4, -0.2) is 44.9 Å². The lowest BCUT2D eigenvalue weighted by atomic mass is 9.95. The quantitative estimate of drug-likeness (QED) is 0.318. The summed E-state index contributed by atoms with van der Waals surface area (Å²) in [6, 6.07) is 9.22. The molecule has 0 spiro atoms. The van der Waals surface area contributed by atoms with Gasteiger partial charge in [-0.1, -0.05) is 23.7 Å². The van der Waals surface area contributed by atoms with E-state index in [1.807, 2.05) is 4.57 Å². The molecular formula is C24H21ClFN3O4. The molecule has 1 amide bonds. The number of aliphatic hydroxyl groups is 1. The number of aryl methyl sites for hydroxylation is 1. The summed E-state index contributed by atoms with van der Waals surface area (Å²) in [7, 11) is 1.46. The van der Waals surface area contributed by atoms with Crippen LogP contribution in [0.5, 0.6) is 5.75 Å². The molecule has 0 unspecified atom stereocenters. The summed E-state index contributed by atoms with van der Waals surface area (Å²) in [6.45, 7) is 0.845. The minimum atomic E-state index is -0.866. The zero-order valence-corrected chi connectivity index (χ0v) is 18.5. The highest BCUT2D eigenvalue weighted by Gasteiger charge is 2.45. The maximum absolute atomic E-state index is 13.6. The van der Waals surface area contributed by atoms with Crippen LogP contribution in [0.2, 0.25) is 5.02 Å². The third kappa shape index (κ3) is 4.47. The predicted octanol–water partition coefficient (Wildman–Crippen LogP) is 4.20. The topological polar surface area (TPSA) is 84.7 Å². The molecule has 0 aliphatic carbocycles. The van der Waals surface area contributed by atoms with Gasteiger partial charge in [0.05, 0.1) is 30.1 Å². The van der Waals surface area contributed by atoms with E-state index >= 15 is 0 Å². The number of rotatable bonds is 7. The van der Waals surface area contributed by atoms with E-state index in [9.17, 15) is 19.1 Å². The molecule has 1 aliphatic rings. The van der Waals surface area contributed by atoms with Crippen LogP contribution in [0, 0.1) is 5.82 Å². The van der Waals surface area contributed by atoms with Crippen molar-refractivity contribution in [1.29, 1.82) is 0 Å². The third-order valence-corrected chi connectivity index (χ3v) is 5.82. The molecule has 33 heavy (non-hydrogen) atoms. The Morgan fingerprint density at radius 1 is 1.18 bits per heavy atom. The van der Waals surface area contributed by atoms with Crippen LogP contribution >= 0.6 is 11.6 Å². The summed E-state index contributed by atoms with van der Waals surface area (Å²) in [5.74, 6) is -1.93. The number of Topliss-reactive ketones (excluding diaryl/α,β-unsaturated/α-hetero) is 1. The summed E-state index contributed by atoms with van der Waals surface area (Å²) in [6.07, 6.45) is 5.68. The van der Waals surface area contributed by atoms with E-state index in [-0.39, 0.29) is 28.5 Å². The molecular weight excluding hydrogens is 449 g/mol. The molecule has 3 aromatic rings. The molecule has 1 saturated heterocycles. The van der Waals surface area contributed by atoms with Crippen molar-refractivity contribution in [3.8, 4) is 5.75 Å². The summed E-state index contributed by atoms with van der Waals surface area (Å²) in [4.78, 5) is 31.4. The van der Waals surface area contributed by atoms with E-state index in [1.54, 1.807) is 30.9 Å². The Kier molecular flexibility index (Phi) is 6.46. The molecule has 0 saturated carbocycles. The fourth-order valence-electron chi connectivity index (χ4n) is 3.91. The SMILES string of the molecule is COc1ccc(C(O)=C2C(=O)C(=O)N(CCCn3ccnc3)[C@H]2c2ccc(F)cc2)cc1Cl. The van der Waals surface area contributed by atoms with Crippen molar-refractivity contribution in [2.45, 2.75) is 19.0 Å². The minimum Gasteiger partial charge on any atom is -0.507 e. The molecule has 1 atom stereocenters. The van der Waals surface area contributed by atoms with Crippen LogP contribution in [0.15, 0.2) is 66.8 Å². The standard InChI is InChI=1S/C24H21ClFN3O4/c1-33-19-8-5-16(13-18(19)25)22(30)20-21(15-3-6-17(26)7-4-15)29(24(32)23(20)31)11-2-10-28-12-9-27-14-28/h3-9,12-14,21,30H,2,10-11H2,1H3/t21-/m0/s1. The third-order valence-electron chi connectivity index (χ3n) is 5.53. The number of likely N-dealkylation sites (tertiary alicyclic amines) is 1. The van der Waals surface area contributed by atoms with E-state index < -0.39 is 23.5 Å². The molecule has 9 heteroatoms. The molecule has 0 radical (unpaired) electrons. The number of nitrogens with zero attached hydrogens (tertiary/aromatic N) is 3. The second kappa shape index (κ2) is 9.46. The fourth-order valence-corrected chi connectivity index (χ4v) is 4.17. The number of hydrogen-bond acceptors (Lipinski definition) is 5. The van der Waals surface area contributed by atoms with Gasteiger partial charge in [0.15, 0.2) is 0 Å². The Bertz CT molecular complexity index is 1210. The van der Waals surface area contributed by atoms with Crippen LogP contribution in [-0.2, 0) is 16.1 Å². The summed E-state index contributed by atoms with van der Waals surface area (Å²) in [5.41, 5.74) is 0.708. The first-order chi connectivity index (χ1) is 15.9. The highest BCUT2D eigenvalue weighted by molar-refractivity contribution is 6.46. The zero-order chi connectivity index (χ0) is 23.5. The van der Waals surface area contributed by atoms with Crippen LogP contribution < -0.4 is 4.74 Å². The van der Waals surface area contributed by atoms with E-state index in [2.05, 4.69) is 4.98 Å². The Hall–Kier alpha value is -3.65. The second-order valence-electron chi connectivity index (χ2n) is 7.55. The van der Waals surface area contributed by atoms with Crippen LogP contribution in [0.3, 0.4) is 0 Å². The number of halogens is 2. The number of imidazole rings is 1. The van der Waals surface area contributed by atoms with Crippen LogP contribution in [0.4, 0.5) is 4.39 Å². The Balaban J connectivity index is 1.74. The summed E-state index contributed by atoms with van der Waals surface area (Å²) in [5, 5.41) is 11.3. The molecule has 4 rings (SSSR count). The zero-order valence-electron chi connectivity index (χ0n) is 17.7. The number of amides is 1. The van der Waals surface area contributed by atoms with Crippen molar-refractivity contribution in [3.63, 3.8) is 0 Å². The molecule has 2 aromatic carbocycles. The van der Waals surface area contributed by atoms with Crippen molar-refractivity contribution in [3.05, 3.63) is 88.7 Å². The highest BCUT2D eigenvalue weighted by atomic mass is 35.5. The van der Waals surface area contributed by atoms with Crippen molar-refractivity contribution in [1.82, 2.24) is 14.5 Å². The lowest BCUT2D eigenvalue weighted by molar-refractivity contribution is -0.139. The maximum Gasteiger partial charge on any atom is 0.295 e. The normalized spacial score (nSPS) is 17.5. The van der Waals surface area contributed by atoms with E-state index in [4.69, 9.17) is 16.3 Å². The van der Waals surface area contributed by atoms with Crippen molar-refractivity contribution < 1.29 is 23.8 Å². The van der Waals surface area contributed by atoms with Gasteiger partial charge < -0.3 is 19.3 Å². The van der Waals surface area contributed by atoms with Crippen molar-refractivity contribution >= 4 is 29.1 Å². The van der Waals surface area contributed by atoms with Gasteiger partial charge in [0.2, 0.25) is 0 Å². The van der Waals surface area contributed by atoms with Gasteiger partial charge >= 0.3 is 0 Å². The first-order valence-electron chi connectivity index (χ1n) is 10.2. The lowest BCUT2D eigenvalue weighted by Gasteiger charge is -2.25. The average Bonchev–Trinajstić information content (AvgIpc) is 3.41. The van der Waals surface area contributed by atoms with Crippen LogP contribution in [0.25, 0.3) is 5.76 Å². The summed E-state index contributed by atoms with van der Waals surface area (Å²) >= 11 is 6.19. The van der Waals surface area contributed by atoms with Gasteiger partial charge in [-0.15, -0.1) is 0 Å². The molecule has 1 aromatic heterocycles. The first kappa shape index (κ1) is 22.5. The minimum absolute atomic E-state index is 0.0736. The maximum atomic E-state index is 13.6. The molecule has 7 nitrogen and oxygen atoms in total. The number of hydrogen-bond donors (Lipinski definition) is 1. The van der Waals surface area contributed by atoms with Gasteiger partial charge in [0.25, 0.3) is 11.7 Å².